The van der Waals surface area contributed by atoms with Crippen LogP contribution in [0, 0.1) is 0 Å². The van der Waals surface area contributed by atoms with E-state index in [0.717, 1.165) is 18.6 Å². The van der Waals surface area contributed by atoms with Crippen molar-refractivity contribution in [3.63, 3.8) is 0 Å². The third kappa shape index (κ3) is 4.15. The molecule has 0 saturated heterocycles. The number of anilines is 1. The zero-order chi connectivity index (χ0) is 13.1. The standard InChI is InChI=1S/C12H19BrN2O2/c1-5-6-8(13)10(16)15-11-14-7-9(17-11)12(2,3)4/h7-8H,5-6H2,1-4H3,(H,14,15,16). The molecule has 0 aromatic carbocycles. The number of alkyl halides is 1. The number of aromatic nitrogens is 1. The second-order valence-corrected chi connectivity index (χ2v) is 6.13. The second kappa shape index (κ2) is 5.67. The van der Waals surface area contributed by atoms with Crippen LogP contribution in [0.3, 0.4) is 0 Å². The molecule has 1 atom stereocenters. The molecule has 0 radical (unpaired) electrons. The second-order valence-electron chi connectivity index (χ2n) is 5.03. The first-order valence-corrected chi connectivity index (χ1v) is 6.67. The smallest absolute Gasteiger partial charge is 0.301 e. The summed E-state index contributed by atoms with van der Waals surface area (Å²) in [4.78, 5) is 15.6. The predicted molar refractivity (Wildman–Crippen MR) is 71.5 cm³/mol. The third-order valence-corrected chi connectivity index (χ3v) is 3.18. The van der Waals surface area contributed by atoms with Crippen LogP contribution < -0.4 is 5.32 Å². The average Bonchev–Trinajstić information content (AvgIpc) is 2.66. The Kier molecular flexibility index (Phi) is 4.74. The molecular formula is C12H19BrN2O2. The van der Waals surface area contributed by atoms with E-state index < -0.39 is 0 Å². The molecular weight excluding hydrogens is 284 g/mol. The fourth-order valence-electron chi connectivity index (χ4n) is 1.25. The van der Waals surface area contributed by atoms with Gasteiger partial charge in [-0.25, -0.2) is 4.98 Å². The summed E-state index contributed by atoms with van der Waals surface area (Å²) in [6.07, 6.45) is 3.39. The molecule has 1 heterocycles. The highest BCUT2D eigenvalue weighted by Gasteiger charge is 2.21. The van der Waals surface area contributed by atoms with Gasteiger partial charge in [0.1, 0.15) is 5.76 Å². The van der Waals surface area contributed by atoms with Gasteiger partial charge in [0.05, 0.1) is 11.0 Å². The Hall–Kier alpha value is -0.840. The average molecular weight is 303 g/mol. The van der Waals surface area contributed by atoms with E-state index in [1.165, 1.54) is 0 Å². The SMILES string of the molecule is CCCC(Br)C(=O)Nc1ncc(C(C)(C)C)o1. The van der Waals surface area contributed by atoms with E-state index in [2.05, 4.69) is 26.2 Å². The molecule has 0 aliphatic heterocycles. The number of amides is 1. The minimum Gasteiger partial charge on any atom is -0.428 e. The lowest BCUT2D eigenvalue weighted by Crippen LogP contribution is -2.22. The van der Waals surface area contributed by atoms with Gasteiger partial charge in [0, 0.05) is 5.41 Å². The number of nitrogens with zero attached hydrogens (tertiary/aromatic N) is 1. The molecule has 5 heteroatoms. The molecule has 0 spiro atoms. The maximum absolute atomic E-state index is 11.7. The van der Waals surface area contributed by atoms with E-state index in [9.17, 15) is 4.79 Å². The minimum atomic E-state index is -0.197. The van der Waals surface area contributed by atoms with Gasteiger partial charge in [-0.15, -0.1) is 0 Å². The summed E-state index contributed by atoms with van der Waals surface area (Å²) in [6, 6.07) is 0.264. The maximum atomic E-state index is 11.7. The molecule has 0 aliphatic rings. The minimum absolute atomic E-state index is 0.104. The van der Waals surface area contributed by atoms with Crippen molar-refractivity contribution >= 4 is 27.9 Å². The van der Waals surface area contributed by atoms with Crippen molar-refractivity contribution in [3.05, 3.63) is 12.0 Å². The summed E-state index contributed by atoms with van der Waals surface area (Å²) in [5.74, 6) is 0.642. The van der Waals surface area contributed by atoms with Crippen LogP contribution in [0.2, 0.25) is 0 Å². The zero-order valence-corrected chi connectivity index (χ0v) is 12.3. The van der Waals surface area contributed by atoms with Gasteiger partial charge >= 0.3 is 6.01 Å². The number of hydrogen-bond acceptors (Lipinski definition) is 3. The third-order valence-electron chi connectivity index (χ3n) is 2.30. The summed E-state index contributed by atoms with van der Waals surface area (Å²) < 4.78 is 5.48. The molecule has 1 aromatic rings. The molecule has 1 rings (SSSR count). The maximum Gasteiger partial charge on any atom is 0.301 e. The van der Waals surface area contributed by atoms with Gasteiger partial charge in [0.15, 0.2) is 0 Å². The molecule has 0 saturated carbocycles. The van der Waals surface area contributed by atoms with Gasteiger partial charge < -0.3 is 4.42 Å². The first-order valence-electron chi connectivity index (χ1n) is 5.76. The van der Waals surface area contributed by atoms with E-state index in [1.54, 1.807) is 6.20 Å². The van der Waals surface area contributed by atoms with Gasteiger partial charge in [-0.1, -0.05) is 50.0 Å². The fraction of sp³-hybridized carbons (Fsp3) is 0.667. The van der Waals surface area contributed by atoms with Crippen LogP contribution in [0.1, 0.15) is 46.3 Å². The van der Waals surface area contributed by atoms with Crippen molar-refractivity contribution in [3.8, 4) is 0 Å². The predicted octanol–water partition coefficient (Wildman–Crippen LogP) is 3.47. The van der Waals surface area contributed by atoms with E-state index in [0.29, 0.717) is 0 Å². The van der Waals surface area contributed by atoms with Crippen LogP contribution in [-0.4, -0.2) is 15.7 Å². The number of halogens is 1. The lowest BCUT2D eigenvalue weighted by Gasteiger charge is -2.13. The quantitative estimate of drug-likeness (QED) is 0.866. The molecule has 1 N–H and O–H groups in total. The number of oxazole rings is 1. The summed E-state index contributed by atoms with van der Waals surface area (Å²) in [7, 11) is 0. The normalized spacial score (nSPS) is 13.5. The van der Waals surface area contributed by atoms with Crippen LogP contribution in [-0.2, 0) is 10.2 Å². The van der Waals surface area contributed by atoms with E-state index >= 15 is 0 Å². The molecule has 0 aliphatic carbocycles. The van der Waals surface area contributed by atoms with Crippen LogP contribution >= 0.6 is 15.9 Å². The zero-order valence-electron chi connectivity index (χ0n) is 10.7. The van der Waals surface area contributed by atoms with Crippen molar-refractivity contribution < 1.29 is 9.21 Å². The van der Waals surface area contributed by atoms with Crippen LogP contribution in [0.25, 0.3) is 0 Å². The number of carbonyl (C=O) groups excluding carboxylic acids is 1. The lowest BCUT2D eigenvalue weighted by atomic mass is 9.94. The molecule has 1 unspecified atom stereocenters. The Balaban J connectivity index is 2.64. The monoisotopic (exact) mass is 302 g/mol. The Bertz CT molecular complexity index is 382. The van der Waals surface area contributed by atoms with E-state index in [1.807, 2.05) is 27.7 Å². The molecule has 17 heavy (non-hydrogen) atoms. The molecule has 0 bridgehead atoms. The van der Waals surface area contributed by atoms with Gasteiger partial charge in [0.25, 0.3) is 0 Å². The Labute approximate surface area is 110 Å². The lowest BCUT2D eigenvalue weighted by molar-refractivity contribution is -0.115. The van der Waals surface area contributed by atoms with Crippen LogP contribution in [0.5, 0.6) is 0 Å². The van der Waals surface area contributed by atoms with Crippen molar-refractivity contribution in [2.75, 3.05) is 5.32 Å². The molecule has 96 valence electrons. The number of nitrogens with one attached hydrogen (secondary N) is 1. The highest BCUT2D eigenvalue weighted by molar-refractivity contribution is 9.10. The largest absolute Gasteiger partial charge is 0.428 e. The first kappa shape index (κ1) is 14.2. The van der Waals surface area contributed by atoms with Crippen molar-refractivity contribution in [1.29, 1.82) is 0 Å². The van der Waals surface area contributed by atoms with Gasteiger partial charge in [0.2, 0.25) is 5.91 Å². The van der Waals surface area contributed by atoms with Crippen LogP contribution in [0.4, 0.5) is 6.01 Å². The number of carbonyl (C=O) groups is 1. The molecule has 1 amide bonds. The van der Waals surface area contributed by atoms with Gasteiger partial charge in [-0.3, -0.25) is 10.1 Å². The van der Waals surface area contributed by atoms with E-state index in [4.69, 9.17) is 4.42 Å². The first-order chi connectivity index (χ1) is 7.84. The molecule has 4 nitrogen and oxygen atoms in total. The summed E-state index contributed by atoms with van der Waals surface area (Å²) in [6.45, 7) is 8.13. The van der Waals surface area contributed by atoms with Crippen molar-refractivity contribution in [1.82, 2.24) is 4.98 Å². The number of rotatable bonds is 4. The Morgan fingerprint density at radius 2 is 2.24 bits per heavy atom. The molecule has 0 fully saturated rings. The Morgan fingerprint density at radius 3 is 2.71 bits per heavy atom. The Morgan fingerprint density at radius 1 is 1.59 bits per heavy atom. The number of hydrogen-bond donors (Lipinski definition) is 1. The highest BCUT2D eigenvalue weighted by atomic mass is 79.9. The topological polar surface area (TPSA) is 55.1 Å². The van der Waals surface area contributed by atoms with Gasteiger partial charge in [-0.05, 0) is 6.42 Å². The highest BCUT2D eigenvalue weighted by Crippen LogP contribution is 2.24. The molecule has 1 aromatic heterocycles. The van der Waals surface area contributed by atoms with Crippen LogP contribution in [0.15, 0.2) is 10.6 Å². The summed E-state index contributed by atoms with van der Waals surface area (Å²) in [5, 5.41) is 2.66. The van der Waals surface area contributed by atoms with E-state index in [-0.39, 0.29) is 22.2 Å². The van der Waals surface area contributed by atoms with Gasteiger partial charge in [-0.2, -0.15) is 0 Å². The van der Waals surface area contributed by atoms with Crippen molar-refractivity contribution in [2.24, 2.45) is 0 Å². The summed E-state index contributed by atoms with van der Waals surface area (Å²) >= 11 is 3.33. The van der Waals surface area contributed by atoms with Crippen molar-refractivity contribution in [2.45, 2.75) is 50.8 Å². The fourth-order valence-corrected chi connectivity index (χ4v) is 1.82. The summed E-state index contributed by atoms with van der Waals surface area (Å²) in [5.41, 5.74) is -0.104.